The molecule has 3 heteroatoms. The SMILES string of the molecule is CN(C(=O)[CH]Cc1ccccc1)c1cccnc1. The van der Waals surface area contributed by atoms with E-state index in [2.05, 4.69) is 4.98 Å². The third-order valence-corrected chi connectivity index (χ3v) is 2.72. The van der Waals surface area contributed by atoms with Gasteiger partial charge in [0.1, 0.15) is 0 Å². The second-order valence-electron chi connectivity index (χ2n) is 4.00. The van der Waals surface area contributed by atoms with Gasteiger partial charge in [-0.3, -0.25) is 9.78 Å². The minimum Gasteiger partial charge on any atom is -0.314 e. The van der Waals surface area contributed by atoms with Crippen molar-refractivity contribution in [1.82, 2.24) is 4.98 Å². The van der Waals surface area contributed by atoms with Crippen LogP contribution in [0.5, 0.6) is 0 Å². The van der Waals surface area contributed by atoms with Crippen molar-refractivity contribution in [3.63, 3.8) is 0 Å². The second-order valence-corrected chi connectivity index (χ2v) is 4.00. The Balaban J connectivity index is 1.93. The predicted molar refractivity (Wildman–Crippen MR) is 72.1 cm³/mol. The summed E-state index contributed by atoms with van der Waals surface area (Å²) in [7, 11) is 1.75. The number of amides is 1. The largest absolute Gasteiger partial charge is 0.314 e. The number of carbonyl (C=O) groups is 1. The molecule has 91 valence electrons. The molecular formula is C15H15N2O. The van der Waals surface area contributed by atoms with Crippen LogP contribution in [0, 0.1) is 6.42 Å². The Morgan fingerprint density at radius 1 is 1.22 bits per heavy atom. The summed E-state index contributed by atoms with van der Waals surface area (Å²) in [6.07, 6.45) is 5.69. The first-order valence-electron chi connectivity index (χ1n) is 5.82. The molecule has 2 rings (SSSR count). The second kappa shape index (κ2) is 5.96. The number of rotatable bonds is 4. The van der Waals surface area contributed by atoms with E-state index in [4.69, 9.17) is 0 Å². The van der Waals surface area contributed by atoms with Crippen LogP contribution in [0.25, 0.3) is 0 Å². The quantitative estimate of drug-likeness (QED) is 0.821. The summed E-state index contributed by atoms with van der Waals surface area (Å²) in [5, 5.41) is 0. The maximum Gasteiger partial charge on any atom is 0.231 e. The van der Waals surface area contributed by atoms with E-state index in [1.165, 1.54) is 0 Å². The van der Waals surface area contributed by atoms with Gasteiger partial charge in [0.15, 0.2) is 0 Å². The normalized spacial score (nSPS) is 10.1. The highest BCUT2D eigenvalue weighted by Gasteiger charge is 2.10. The first kappa shape index (κ1) is 12.3. The van der Waals surface area contributed by atoms with E-state index in [0.717, 1.165) is 11.3 Å². The first-order valence-corrected chi connectivity index (χ1v) is 5.82. The van der Waals surface area contributed by atoms with Gasteiger partial charge in [-0.05, 0) is 24.1 Å². The Kier molecular flexibility index (Phi) is 4.07. The Hall–Kier alpha value is -2.16. The van der Waals surface area contributed by atoms with Crippen molar-refractivity contribution in [2.75, 3.05) is 11.9 Å². The molecule has 0 bridgehead atoms. The Bertz CT molecular complexity index is 496. The van der Waals surface area contributed by atoms with Gasteiger partial charge in [0.25, 0.3) is 0 Å². The van der Waals surface area contributed by atoms with Crippen LogP contribution >= 0.6 is 0 Å². The van der Waals surface area contributed by atoms with Crippen molar-refractivity contribution < 1.29 is 4.79 Å². The molecule has 0 saturated heterocycles. The van der Waals surface area contributed by atoms with Gasteiger partial charge in [0, 0.05) is 13.2 Å². The third-order valence-electron chi connectivity index (χ3n) is 2.72. The number of benzene rings is 1. The molecule has 0 fully saturated rings. The fourth-order valence-corrected chi connectivity index (χ4v) is 1.64. The molecule has 1 radical (unpaired) electrons. The molecule has 0 N–H and O–H groups in total. The van der Waals surface area contributed by atoms with Gasteiger partial charge in [-0.1, -0.05) is 30.3 Å². The number of hydrogen-bond acceptors (Lipinski definition) is 2. The molecule has 1 aromatic carbocycles. The molecule has 0 unspecified atom stereocenters. The Labute approximate surface area is 107 Å². The van der Waals surface area contributed by atoms with Crippen LogP contribution in [0.15, 0.2) is 54.9 Å². The van der Waals surface area contributed by atoms with Crippen LogP contribution in [0.2, 0.25) is 0 Å². The monoisotopic (exact) mass is 239 g/mol. The van der Waals surface area contributed by atoms with Crippen molar-refractivity contribution in [3.05, 3.63) is 66.8 Å². The van der Waals surface area contributed by atoms with Crippen LogP contribution in [-0.4, -0.2) is 17.9 Å². The molecule has 0 saturated carbocycles. The molecular weight excluding hydrogens is 224 g/mol. The lowest BCUT2D eigenvalue weighted by Gasteiger charge is -2.16. The van der Waals surface area contributed by atoms with E-state index in [9.17, 15) is 4.79 Å². The van der Waals surface area contributed by atoms with Crippen LogP contribution in [0.4, 0.5) is 5.69 Å². The van der Waals surface area contributed by atoms with E-state index < -0.39 is 0 Å². The third kappa shape index (κ3) is 3.17. The van der Waals surface area contributed by atoms with Crippen molar-refractivity contribution >= 4 is 11.6 Å². The van der Waals surface area contributed by atoms with E-state index in [1.54, 1.807) is 30.8 Å². The minimum absolute atomic E-state index is 0.0214. The fourth-order valence-electron chi connectivity index (χ4n) is 1.64. The van der Waals surface area contributed by atoms with Gasteiger partial charge in [0.2, 0.25) is 5.91 Å². The standard InChI is InChI=1S/C15H15N2O/c1-17(14-8-5-11-16-12-14)15(18)10-9-13-6-3-2-4-7-13/h2-8,10-12H,9H2,1H3. The summed E-state index contributed by atoms with van der Waals surface area (Å²) in [5.74, 6) is -0.0214. The molecule has 0 atom stereocenters. The number of hydrogen-bond donors (Lipinski definition) is 0. The number of nitrogens with zero attached hydrogens (tertiary/aromatic N) is 2. The smallest absolute Gasteiger partial charge is 0.231 e. The molecule has 0 aliphatic heterocycles. The van der Waals surface area contributed by atoms with E-state index in [0.29, 0.717) is 6.42 Å². The maximum atomic E-state index is 12.0. The molecule has 1 aromatic heterocycles. The lowest BCUT2D eigenvalue weighted by Crippen LogP contribution is -2.26. The number of anilines is 1. The Morgan fingerprint density at radius 3 is 2.67 bits per heavy atom. The highest BCUT2D eigenvalue weighted by Crippen LogP contribution is 2.11. The average Bonchev–Trinajstić information content (AvgIpc) is 2.46. The minimum atomic E-state index is -0.0214. The van der Waals surface area contributed by atoms with Gasteiger partial charge in [-0.2, -0.15) is 0 Å². The van der Waals surface area contributed by atoms with Gasteiger partial charge >= 0.3 is 0 Å². The zero-order valence-electron chi connectivity index (χ0n) is 10.3. The van der Waals surface area contributed by atoms with E-state index in [1.807, 2.05) is 42.5 Å². The van der Waals surface area contributed by atoms with Gasteiger partial charge < -0.3 is 4.90 Å². The van der Waals surface area contributed by atoms with Crippen LogP contribution in [0.1, 0.15) is 5.56 Å². The zero-order valence-corrected chi connectivity index (χ0v) is 10.3. The lowest BCUT2D eigenvalue weighted by molar-refractivity contribution is -0.115. The predicted octanol–water partition coefficient (Wildman–Crippen LogP) is 2.49. The van der Waals surface area contributed by atoms with Crippen molar-refractivity contribution in [1.29, 1.82) is 0 Å². The molecule has 3 nitrogen and oxygen atoms in total. The average molecular weight is 239 g/mol. The van der Waals surface area contributed by atoms with Crippen LogP contribution < -0.4 is 4.90 Å². The van der Waals surface area contributed by atoms with Gasteiger partial charge in [-0.15, -0.1) is 0 Å². The highest BCUT2D eigenvalue weighted by atomic mass is 16.2. The number of aromatic nitrogens is 1. The summed E-state index contributed by atoms with van der Waals surface area (Å²) in [4.78, 5) is 17.6. The molecule has 0 spiro atoms. The highest BCUT2D eigenvalue weighted by molar-refractivity contribution is 5.98. The molecule has 0 aliphatic rings. The first-order chi connectivity index (χ1) is 8.77. The van der Waals surface area contributed by atoms with Gasteiger partial charge in [0.05, 0.1) is 18.3 Å². The number of pyridine rings is 1. The summed E-state index contributed by atoms with van der Waals surface area (Å²) in [6, 6.07) is 13.6. The summed E-state index contributed by atoms with van der Waals surface area (Å²) < 4.78 is 0. The Morgan fingerprint density at radius 2 is 2.00 bits per heavy atom. The molecule has 1 heterocycles. The van der Waals surface area contributed by atoms with Crippen LogP contribution in [-0.2, 0) is 11.2 Å². The van der Waals surface area contributed by atoms with Crippen molar-refractivity contribution in [2.24, 2.45) is 0 Å². The van der Waals surface area contributed by atoms with Crippen molar-refractivity contribution in [2.45, 2.75) is 6.42 Å². The molecule has 2 aromatic rings. The molecule has 0 aliphatic carbocycles. The maximum absolute atomic E-state index is 12.0. The van der Waals surface area contributed by atoms with Crippen molar-refractivity contribution in [3.8, 4) is 0 Å². The topological polar surface area (TPSA) is 33.2 Å². The lowest BCUT2D eigenvalue weighted by atomic mass is 10.1. The summed E-state index contributed by atoms with van der Waals surface area (Å²) in [5.41, 5.74) is 1.93. The fraction of sp³-hybridized carbons (Fsp3) is 0.133. The zero-order chi connectivity index (χ0) is 12.8. The van der Waals surface area contributed by atoms with Crippen LogP contribution in [0.3, 0.4) is 0 Å². The molecule has 1 amide bonds. The molecule has 18 heavy (non-hydrogen) atoms. The van der Waals surface area contributed by atoms with E-state index >= 15 is 0 Å². The van der Waals surface area contributed by atoms with Gasteiger partial charge in [-0.25, -0.2) is 0 Å². The van der Waals surface area contributed by atoms with E-state index in [-0.39, 0.29) is 5.91 Å². The number of carbonyl (C=O) groups excluding carboxylic acids is 1. The summed E-state index contributed by atoms with van der Waals surface area (Å²) >= 11 is 0. The summed E-state index contributed by atoms with van der Waals surface area (Å²) in [6.45, 7) is 0.